The third-order valence-electron chi connectivity index (χ3n) is 3.67. The number of nitrogens with one attached hydrogen (secondary N) is 1. The summed E-state index contributed by atoms with van der Waals surface area (Å²) in [4.78, 5) is 25.0. The number of amides is 2. The van der Waals surface area contributed by atoms with Crippen LogP contribution in [0.3, 0.4) is 0 Å². The first kappa shape index (κ1) is 14.4. The van der Waals surface area contributed by atoms with Crippen LogP contribution in [0.25, 0.3) is 0 Å². The fourth-order valence-corrected chi connectivity index (χ4v) is 2.62. The molecule has 1 fully saturated rings. The van der Waals surface area contributed by atoms with Gasteiger partial charge in [-0.3, -0.25) is 4.79 Å². The molecule has 0 radical (unpaired) electrons. The van der Waals surface area contributed by atoms with E-state index in [1.807, 2.05) is 12.1 Å². The zero-order valence-electron chi connectivity index (χ0n) is 11.9. The molecular weight excluding hydrogens is 256 g/mol. The summed E-state index contributed by atoms with van der Waals surface area (Å²) in [5, 5.41) is 2.61. The Labute approximate surface area is 118 Å². The van der Waals surface area contributed by atoms with E-state index in [-0.39, 0.29) is 18.6 Å². The standard InChI is InChI=1S/C15H20N2O3/c1-11-6-3-4-7-12(11)13-8-5-9-17(13)15(19)16-10-14(18)20-2/h3-4,6-7,13H,5,8-10H2,1-2H3,(H,16,19)/t13-/m0/s1. The van der Waals surface area contributed by atoms with Crippen molar-refractivity contribution in [2.75, 3.05) is 20.2 Å². The molecule has 20 heavy (non-hydrogen) atoms. The number of aryl methyl sites for hydroxylation is 1. The van der Waals surface area contributed by atoms with E-state index in [1.165, 1.54) is 18.2 Å². The van der Waals surface area contributed by atoms with Gasteiger partial charge in [0.15, 0.2) is 0 Å². The summed E-state index contributed by atoms with van der Waals surface area (Å²) in [5.74, 6) is -0.440. The van der Waals surface area contributed by atoms with Crippen molar-refractivity contribution in [1.82, 2.24) is 10.2 Å². The Hall–Kier alpha value is -2.04. The first-order valence-corrected chi connectivity index (χ1v) is 6.80. The monoisotopic (exact) mass is 276 g/mol. The lowest BCUT2D eigenvalue weighted by Crippen LogP contribution is -2.41. The Bertz CT molecular complexity index is 502. The number of urea groups is 1. The summed E-state index contributed by atoms with van der Waals surface area (Å²) in [5.41, 5.74) is 2.36. The summed E-state index contributed by atoms with van der Waals surface area (Å²) >= 11 is 0. The van der Waals surface area contributed by atoms with Gasteiger partial charge >= 0.3 is 12.0 Å². The highest BCUT2D eigenvalue weighted by Crippen LogP contribution is 2.33. The van der Waals surface area contributed by atoms with Gasteiger partial charge < -0.3 is 15.0 Å². The smallest absolute Gasteiger partial charge is 0.325 e. The lowest BCUT2D eigenvalue weighted by atomic mass is 9.99. The van der Waals surface area contributed by atoms with Crippen LogP contribution in [0.5, 0.6) is 0 Å². The number of nitrogens with zero attached hydrogens (tertiary/aromatic N) is 1. The Balaban J connectivity index is 2.06. The molecule has 5 heteroatoms. The second-order valence-electron chi connectivity index (χ2n) is 4.94. The van der Waals surface area contributed by atoms with E-state index in [4.69, 9.17) is 0 Å². The molecule has 0 unspecified atom stereocenters. The predicted molar refractivity (Wildman–Crippen MR) is 75.3 cm³/mol. The summed E-state index contributed by atoms with van der Waals surface area (Å²) in [6.07, 6.45) is 1.93. The fraction of sp³-hybridized carbons (Fsp3) is 0.467. The van der Waals surface area contributed by atoms with Gasteiger partial charge in [0, 0.05) is 6.54 Å². The highest BCUT2D eigenvalue weighted by atomic mass is 16.5. The molecule has 0 bridgehead atoms. The number of ether oxygens (including phenoxy) is 1. The van der Waals surface area contributed by atoms with E-state index in [0.29, 0.717) is 6.54 Å². The predicted octanol–water partition coefficient (Wildman–Crippen LogP) is 2.01. The normalized spacial score (nSPS) is 17.9. The van der Waals surface area contributed by atoms with Gasteiger partial charge in [-0.15, -0.1) is 0 Å². The first-order valence-electron chi connectivity index (χ1n) is 6.80. The number of likely N-dealkylation sites (tertiary alicyclic amines) is 1. The number of rotatable bonds is 3. The molecule has 0 aromatic heterocycles. The molecule has 1 N–H and O–H groups in total. The Morgan fingerprint density at radius 2 is 2.15 bits per heavy atom. The van der Waals surface area contributed by atoms with Crippen LogP contribution < -0.4 is 5.32 Å². The average molecular weight is 276 g/mol. The molecular formula is C15H20N2O3. The lowest BCUT2D eigenvalue weighted by molar-refractivity contribution is -0.139. The quantitative estimate of drug-likeness (QED) is 0.859. The molecule has 0 aliphatic carbocycles. The maximum atomic E-state index is 12.2. The van der Waals surface area contributed by atoms with Gasteiger partial charge in [0.05, 0.1) is 13.2 Å². The number of benzene rings is 1. The van der Waals surface area contributed by atoms with Crippen molar-refractivity contribution >= 4 is 12.0 Å². The number of hydrogen-bond donors (Lipinski definition) is 1. The van der Waals surface area contributed by atoms with Crippen molar-refractivity contribution in [2.45, 2.75) is 25.8 Å². The van der Waals surface area contributed by atoms with E-state index in [9.17, 15) is 9.59 Å². The van der Waals surface area contributed by atoms with Crippen LogP contribution in [0.1, 0.15) is 30.0 Å². The van der Waals surface area contributed by atoms with Crippen molar-refractivity contribution < 1.29 is 14.3 Å². The van der Waals surface area contributed by atoms with E-state index < -0.39 is 5.97 Å². The number of hydrogen-bond acceptors (Lipinski definition) is 3. The molecule has 0 saturated carbocycles. The van der Waals surface area contributed by atoms with Crippen molar-refractivity contribution in [2.24, 2.45) is 0 Å². The molecule has 1 atom stereocenters. The molecule has 1 aromatic carbocycles. The van der Waals surface area contributed by atoms with Crippen molar-refractivity contribution in [3.63, 3.8) is 0 Å². The fourth-order valence-electron chi connectivity index (χ4n) is 2.62. The highest BCUT2D eigenvalue weighted by molar-refractivity contribution is 5.81. The Kier molecular flexibility index (Phi) is 4.61. The molecule has 5 nitrogen and oxygen atoms in total. The average Bonchev–Trinajstić information content (AvgIpc) is 2.94. The summed E-state index contributed by atoms with van der Waals surface area (Å²) in [6.45, 7) is 2.68. The lowest BCUT2D eigenvalue weighted by Gasteiger charge is -2.26. The largest absolute Gasteiger partial charge is 0.468 e. The van der Waals surface area contributed by atoms with Crippen molar-refractivity contribution in [1.29, 1.82) is 0 Å². The third kappa shape index (κ3) is 3.10. The van der Waals surface area contributed by atoms with Gasteiger partial charge in [0.2, 0.25) is 0 Å². The third-order valence-corrected chi connectivity index (χ3v) is 3.67. The molecule has 1 heterocycles. The van der Waals surface area contributed by atoms with Gasteiger partial charge in [0.25, 0.3) is 0 Å². The molecule has 1 saturated heterocycles. The maximum absolute atomic E-state index is 12.2. The molecule has 0 spiro atoms. The minimum Gasteiger partial charge on any atom is -0.468 e. The molecule has 1 aliphatic rings. The maximum Gasteiger partial charge on any atom is 0.325 e. The van der Waals surface area contributed by atoms with Gasteiger partial charge in [-0.25, -0.2) is 4.79 Å². The minimum absolute atomic E-state index is 0.0909. The van der Waals surface area contributed by atoms with Crippen LogP contribution in [0.15, 0.2) is 24.3 Å². The molecule has 2 amide bonds. The van der Waals surface area contributed by atoms with Gasteiger partial charge in [-0.2, -0.15) is 0 Å². The van der Waals surface area contributed by atoms with Crippen molar-refractivity contribution in [3.8, 4) is 0 Å². The topological polar surface area (TPSA) is 58.6 Å². The highest BCUT2D eigenvalue weighted by Gasteiger charge is 2.30. The Morgan fingerprint density at radius 1 is 1.40 bits per heavy atom. The SMILES string of the molecule is COC(=O)CNC(=O)N1CCC[C@H]1c1ccccc1C. The van der Waals surface area contributed by atoms with E-state index in [0.717, 1.165) is 12.8 Å². The summed E-state index contributed by atoms with van der Waals surface area (Å²) < 4.78 is 4.52. The molecule has 108 valence electrons. The molecule has 1 aromatic rings. The zero-order valence-corrected chi connectivity index (χ0v) is 11.9. The van der Waals surface area contributed by atoms with Crippen LogP contribution in [-0.4, -0.2) is 37.1 Å². The van der Waals surface area contributed by atoms with Gasteiger partial charge in [0.1, 0.15) is 6.54 Å². The van der Waals surface area contributed by atoms with Crippen LogP contribution in [-0.2, 0) is 9.53 Å². The van der Waals surface area contributed by atoms with Crippen LogP contribution in [0, 0.1) is 6.92 Å². The Morgan fingerprint density at radius 3 is 2.85 bits per heavy atom. The van der Waals surface area contributed by atoms with E-state index in [2.05, 4.69) is 29.1 Å². The first-order chi connectivity index (χ1) is 9.63. The molecule has 1 aliphatic heterocycles. The van der Waals surface area contributed by atoms with Crippen LogP contribution in [0.2, 0.25) is 0 Å². The second-order valence-corrected chi connectivity index (χ2v) is 4.94. The number of carbonyl (C=O) groups is 2. The zero-order chi connectivity index (χ0) is 14.5. The molecule has 2 rings (SSSR count). The second kappa shape index (κ2) is 6.41. The number of methoxy groups -OCH3 is 1. The minimum atomic E-state index is -0.440. The summed E-state index contributed by atoms with van der Waals surface area (Å²) in [7, 11) is 1.31. The number of carbonyl (C=O) groups excluding carboxylic acids is 2. The van der Waals surface area contributed by atoms with Gasteiger partial charge in [-0.1, -0.05) is 24.3 Å². The number of esters is 1. The van der Waals surface area contributed by atoms with E-state index >= 15 is 0 Å². The van der Waals surface area contributed by atoms with E-state index in [1.54, 1.807) is 4.90 Å². The van der Waals surface area contributed by atoms with Crippen LogP contribution in [0.4, 0.5) is 4.79 Å². The van der Waals surface area contributed by atoms with Gasteiger partial charge in [-0.05, 0) is 30.9 Å². The van der Waals surface area contributed by atoms with Crippen LogP contribution >= 0.6 is 0 Å². The summed E-state index contributed by atoms with van der Waals surface area (Å²) in [6, 6.07) is 7.99. The van der Waals surface area contributed by atoms with Crippen molar-refractivity contribution in [3.05, 3.63) is 35.4 Å².